The van der Waals surface area contributed by atoms with E-state index in [9.17, 15) is 4.79 Å². The molecule has 0 unspecified atom stereocenters. The van der Waals surface area contributed by atoms with Gasteiger partial charge in [0.1, 0.15) is 5.69 Å². The van der Waals surface area contributed by atoms with Gasteiger partial charge in [-0.2, -0.15) is 0 Å². The van der Waals surface area contributed by atoms with Gasteiger partial charge in [0.2, 0.25) is 5.91 Å². The SMILES string of the molecule is NC(=O)CCCCCn1cc(COCCOCCOCCO)nn1. The molecule has 9 heteroatoms. The van der Waals surface area contributed by atoms with Gasteiger partial charge in [-0.3, -0.25) is 9.48 Å². The highest BCUT2D eigenvalue weighted by molar-refractivity contribution is 5.73. The molecule has 0 aliphatic rings. The van der Waals surface area contributed by atoms with Crippen molar-refractivity contribution in [2.24, 2.45) is 5.73 Å². The molecule has 1 amide bonds. The van der Waals surface area contributed by atoms with Crippen LogP contribution in [0.5, 0.6) is 0 Å². The average molecular weight is 344 g/mol. The Morgan fingerprint density at radius 3 is 2.50 bits per heavy atom. The van der Waals surface area contributed by atoms with Gasteiger partial charge < -0.3 is 25.1 Å². The van der Waals surface area contributed by atoms with Gasteiger partial charge in [0, 0.05) is 13.0 Å². The molecule has 138 valence electrons. The van der Waals surface area contributed by atoms with Crippen LogP contribution in [-0.4, -0.2) is 65.6 Å². The third-order valence-electron chi connectivity index (χ3n) is 3.13. The molecule has 3 N–H and O–H groups in total. The van der Waals surface area contributed by atoms with Gasteiger partial charge in [0.25, 0.3) is 0 Å². The van der Waals surface area contributed by atoms with Crippen molar-refractivity contribution in [1.82, 2.24) is 15.0 Å². The zero-order valence-electron chi connectivity index (χ0n) is 14.1. The summed E-state index contributed by atoms with van der Waals surface area (Å²) in [5.74, 6) is -0.253. The number of rotatable bonds is 16. The minimum absolute atomic E-state index is 0.0250. The number of unbranched alkanes of at least 4 members (excludes halogenated alkanes) is 2. The Labute approximate surface area is 142 Å². The number of primary amides is 1. The molecule has 0 bridgehead atoms. The van der Waals surface area contributed by atoms with Crippen LogP contribution in [0, 0.1) is 0 Å². The molecule has 0 radical (unpaired) electrons. The zero-order valence-corrected chi connectivity index (χ0v) is 14.1. The third-order valence-corrected chi connectivity index (χ3v) is 3.13. The number of nitrogens with zero attached hydrogens (tertiary/aromatic N) is 3. The van der Waals surface area contributed by atoms with Crippen molar-refractivity contribution in [3.05, 3.63) is 11.9 Å². The number of aryl methyl sites for hydroxylation is 1. The van der Waals surface area contributed by atoms with E-state index in [1.54, 1.807) is 4.68 Å². The van der Waals surface area contributed by atoms with Crippen molar-refractivity contribution in [3.63, 3.8) is 0 Å². The van der Waals surface area contributed by atoms with E-state index in [0.29, 0.717) is 46.1 Å². The van der Waals surface area contributed by atoms with Crippen LogP contribution in [0.25, 0.3) is 0 Å². The smallest absolute Gasteiger partial charge is 0.217 e. The lowest BCUT2D eigenvalue weighted by Gasteiger charge is -2.05. The molecule has 1 rings (SSSR count). The summed E-state index contributed by atoms with van der Waals surface area (Å²) in [5, 5.41) is 16.6. The number of aromatic nitrogens is 3. The summed E-state index contributed by atoms with van der Waals surface area (Å²) in [5.41, 5.74) is 5.86. The van der Waals surface area contributed by atoms with E-state index in [1.807, 2.05) is 6.20 Å². The fourth-order valence-electron chi connectivity index (χ4n) is 1.94. The zero-order chi connectivity index (χ0) is 17.5. The first kappa shape index (κ1) is 20.5. The minimum atomic E-state index is -0.253. The van der Waals surface area contributed by atoms with Gasteiger partial charge in [-0.05, 0) is 12.8 Å². The second kappa shape index (κ2) is 13.8. The molecule has 0 aromatic carbocycles. The van der Waals surface area contributed by atoms with Crippen molar-refractivity contribution in [1.29, 1.82) is 0 Å². The van der Waals surface area contributed by atoms with E-state index >= 15 is 0 Å². The van der Waals surface area contributed by atoms with Crippen LogP contribution < -0.4 is 5.73 Å². The number of aliphatic hydroxyl groups is 1. The third kappa shape index (κ3) is 11.1. The lowest BCUT2D eigenvalue weighted by atomic mass is 10.2. The maximum Gasteiger partial charge on any atom is 0.217 e. The number of ether oxygens (including phenoxy) is 3. The monoisotopic (exact) mass is 344 g/mol. The van der Waals surface area contributed by atoms with E-state index in [0.717, 1.165) is 31.5 Å². The number of hydrogen-bond donors (Lipinski definition) is 2. The molecule has 0 saturated carbocycles. The second-order valence-electron chi connectivity index (χ2n) is 5.25. The van der Waals surface area contributed by atoms with Crippen molar-refractivity contribution >= 4 is 5.91 Å². The molecule has 0 spiro atoms. The van der Waals surface area contributed by atoms with Crippen LogP contribution in [0.4, 0.5) is 0 Å². The van der Waals surface area contributed by atoms with Crippen molar-refractivity contribution < 1.29 is 24.1 Å². The Hall–Kier alpha value is -1.55. The van der Waals surface area contributed by atoms with Crippen LogP contribution in [0.15, 0.2) is 6.20 Å². The van der Waals surface area contributed by atoms with Gasteiger partial charge in [-0.25, -0.2) is 0 Å². The maximum atomic E-state index is 10.6. The van der Waals surface area contributed by atoms with Crippen molar-refractivity contribution in [2.75, 3.05) is 39.6 Å². The summed E-state index contributed by atoms with van der Waals surface area (Å²) in [6.07, 6.45) is 4.98. The van der Waals surface area contributed by atoms with Gasteiger partial charge >= 0.3 is 0 Å². The molecule has 0 fully saturated rings. The largest absolute Gasteiger partial charge is 0.394 e. The topological polar surface area (TPSA) is 122 Å². The van der Waals surface area contributed by atoms with Crippen LogP contribution >= 0.6 is 0 Å². The molecule has 9 nitrogen and oxygen atoms in total. The Morgan fingerprint density at radius 2 is 1.79 bits per heavy atom. The highest BCUT2D eigenvalue weighted by Gasteiger charge is 2.01. The summed E-state index contributed by atoms with van der Waals surface area (Å²) in [4.78, 5) is 10.6. The van der Waals surface area contributed by atoms with Gasteiger partial charge in [-0.1, -0.05) is 11.6 Å². The first-order valence-corrected chi connectivity index (χ1v) is 8.23. The highest BCUT2D eigenvalue weighted by atomic mass is 16.5. The highest BCUT2D eigenvalue weighted by Crippen LogP contribution is 2.03. The lowest BCUT2D eigenvalue weighted by molar-refractivity contribution is -0.118. The van der Waals surface area contributed by atoms with E-state index in [1.165, 1.54) is 0 Å². The summed E-state index contributed by atoms with van der Waals surface area (Å²) in [6.45, 7) is 3.42. The molecule has 24 heavy (non-hydrogen) atoms. The molecule has 1 heterocycles. The number of carbonyl (C=O) groups is 1. The van der Waals surface area contributed by atoms with Crippen LogP contribution in [0.1, 0.15) is 31.4 Å². The molecule has 1 aromatic heterocycles. The Kier molecular flexibility index (Phi) is 11.8. The summed E-state index contributed by atoms with van der Waals surface area (Å²) in [7, 11) is 0. The summed E-state index contributed by atoms with van der Waals surface area (Å²) >= 11 is 0. The van der Waals surface area contributed by atoms with E-state index in [-0.39, 0.29) is 12.5 Å². The first-order chi connectivity index (χ1) is 11.7. The minimum Gasteiger partial charge on any atom is -0.394 e. The predicted molar refractivity (Wildman–Crippen MR) is 86.1 cm³/mol. The van der Waals surface area contributed by atoms with Gasteiger partial charge in [0.05, 0.1) is 52.4 Å². The number of amides is 1. The lowest BCUT2D eigenvalue weighted by Crippen LogP contribution is -2.10. The second-order valence-corrected chi connectivity index (χ2v) is 5.25. The first-order valence-electron chi connectivity index (χ1n) is 8.23. The Morgan fingerprint density at radius 1 is 1.08 bits per heavy atom. The van der Waals surface area contributed by atoms with Gasteiger partial charge in [0.15, 0.2) is 0 Å². The van der Waals surface area contributed by atoms with E-state index in [4.69, 9.17) is 25.1 Å². The normalized spacial score (nSPS) is 11.0. The number of hydrogen-bond acceptors (Lipinski definition) is 7. The number of carbonyl (C=O) groups excluding carboxylic acids is 1. The fraction of sp³-hybridized carbons (Fsp3) is 0.800. The Balaban J connectivity index is 1.97. The predicted octanol–water partition coefficient (Wildman–Crippen LogP) is -0.134. The van der Waals surface area contributed by atoms with Crippen LogP contribution in [-0.2, 0) is 32.2 Å². The molecule has 1 aromatic rings. The summed E-state index contributed by atoms with van der Waals surface area (Å²) in [6, 6.07) is 0. The Bertz CT molecular complexity index is 441. The molecule has 0 saturated heterocycles. The van der Waals surface area contributed by atoms with Crippen LogP contribution in [0.3, 0.4) is 0 Å². The molecular formula is C15H28N4O5. The van der Waals surface area contributed by atoms with Crippen LogP contribution in [0.2, 0.25) is 0 Å². The number of aliphatic hydroxyl groups excluding tert-OH is 1. The van der Waals surface area contributed by atoms with E-state index in [2.05, 4.69) is 10.3 Å². The standard InChI is InChI=1S/C15H28N4O5/c16-15(21)4-2-1-3-5-19-12-14(17-18-19)13-24-11-10-23-9-8-22-7-6-20/h12,20H,1-11,13H2,(H2,16,21). The molecule has 0 aliphatic heterocycles. The average Bonchev–Trinajstić information content (AvgIpc) is 3.00. The van der Waals surface area contributed by atoms with Gasteiger partial charge in [-0.15, -0.1) is 5.10 Å². The quantitative estimate of drug-likeness (QED) is 0.400. The number of nitrogens with two attached hydrogens (primary N) is 1. The molecule has 0 atom stereocenters. The van der Waals surface area contributed by atoms with Crippen molar-refractivity contribution in [3.8, 4) is 0 Å². The fourth-order valence-corrected chi connectivity index (χ4v) is 1.94. The summed E-state index contributed by atoms with van der Waals surface area (Å²) < 4.78 is 17.6. The molecular weight excluding hydrogens is 316 g/mol. The molecule has 0 aliphatic carbocycles. The maximum absolute atomic E-state index is 10.6. The van der Waals surface area contributed by atoms with E-state index < -0.39 is 0 Å². The van der Waals surface area contributed by atoms with Crippen molar-refractivity contribution in [2.45, 2.75) is 38.8 Å².